The Kier molecular flexibility index (Phi) is 5.92. The lowest BCUT2D eigenvalue weighted by Gasteiger charge is -2.15. The zero-order chi connectivity index (χ0) is 15.1. The maximum Gasteiger partial charge on any atom is 0.270 e. The number of hydrogen-bond donors (Lipinski definition) is 4. The standard InChI is InChI=1S/C13H21N5O2/c1-8(2)7-16-12(19)9(3)17-13(20)11-6-10(18-14)4-5-15-11/h4-6,8-9H,7,14H2,1-3H3,(H,15,18)(H,16,19)(H,17,20). The molecule has 2 amide bonds. The maximum absolute atomic E-state index is 11.9. The maximum atomic E-state index is 11.9. The lowest BCUT2D eigenvalue weighted by molar-refractivity contribution is -0.122. The molecular formula is C13H21N5O2. The van der Waals surface area contributed by atoms with Gasteiger partial charge in [-0.15, -0.1) is 0 Å². The number of carbonyl (C=O) groups excluding carboxylic acids is 2. The van der Waals surface area contributed by atoms with E-state index in [2.05, 4.69) is 21.0 Å². The predicted octanol–water partition coefficient (Wildman–Crippen LogP) is 0.258. The number of nitrogen functional groups attached to an aromatic ring is 1. The summed E-state index contributed by atoms with van der Waals surface area (Å²) >= 11 is 0. The Labute approximate surface area is 118 Å². The van der Waals surface area contributed by atoms with Crippen molar-refractivity contribution in [2.24, 2.45) is 11.8 Å². The molecule has 0 saturated carbocycles. The molecule has 5 N–H and O–H groups in total. The summed E-state index contributed by atoms with van der Waals surface area (Å²) in [7, 11) is 0. The first-order chi connectivity index (χ1) is 9.43. The number of amides is 2. The van der Waals surface area contributed by atoms with Crippen molar-refractivity contribution in [3.8, 4) is 0 Å². The molecule has 1 rings (SSSR count). The van der Waals surface area contributed by atoms with Crippen LogP contribution in [0, 0.1) is 5.92 Å². The first-order valence-electron chi connectivity index (χ1n) is 6.45. The Balaban J connectivity index is 2.58. The highest BCUT2D eigenvalue weighted by molar-refractivity contribution is 5.96. The number of hydrogen-bond acceptors (Lipinski definition) is 5. The average molecular weight is 279 g/mol. The van der Waals surface area contributed by atoms with Gasteiger partial charge in [-0.3, -0.25) is 20.4 Å². The van der Waals surface area contributed by atoms with Gasteiger partial charge in [-0.1, -0.05) is 13.8 Å². The molecule has 110 valence electrons. The van der Waals surface area contributed by atoms with Crippen LogP contribution in [0.5, 0.6) is 0 Å². The fourth-order valence-corrected chi connectivity index (χ4v) is 1.44. The van der Waals surface area contributed by atoms with Crippen molar-refractivity contribution in [1.29, 1.82) is 0 Å². The van der Waals surface area contributed by atoms with Crippen LogP contribution < -0.4 is 21.9 Å². The number of nitrogens with one attached hydrogen (secondary N) is 3. The third kappa shape index (κ3) is 4.85. The van der Waals surface area contributed by atoms with Crippen LogP contribution in [0.15, 0.2) is 18.3 Å². The molecule has 0 saturated heterocycles. The second-order valence-electron chi connectivity index (χ2n) is 4.91. The van der Waals surface area contributed by atoms with Gasteiger partial charge in [0.05, 0.1) is 5.69 Å². The van der Waals surface area contributed by atoms with Crippen LogP contribution in [0.2, 0.25) is 0 Å². The van der Waals surface area contributed by atoms with Crippen molar-refractivity contribution >= 4 is 17.5 Å². The highest BCUT2D eigenvalue weighted by Crippen LogP contribution is 2.06. The number of hydrazine groups is 1. The van der Waals surface area contributed by atoms with Gasteiger partial charge in [0.25, 0.3) is 5.91 Å². The van der Waals surface area contributed by atoms with E-state index >= 15 is 0 Å². The summed E-state index contributed by atoms with van der Waals surface area (Å²) in [6.45, 7) is 6.19. The second-order valence-corrected chi connectivity index (χ2v) is 4.91. The minimum Gasteiger partial charge on any atom is -0.354 e. The van der Waals surface area contributed by atoms with E-state index in [-0.39, 0.29) is 11.6 Å². The highest BCUT2D eigenvalue weighted by atomic mass is 16.2. The van der Waals surface area contributed by atoms with Crippen LogP contribution in [0.1, 0.15) is 31.3 Å². The van der Waals surface area contributed by atoms with Crippen molar-refractivity contribution in [3.05, 3.63) is 24.0 Å². The molecule has 0 aromatic carbocycles. The van der Waals surface area contributed by atoms with Crippen LogP contribution in [0.3, 0.4) is 0 Å². The molecule has 1 heterocycles. The zero-order valence-electron chi connectivity index (χ0n) is 11.9. The largest absolute Gasteiger partial charge is 0.354 e. The minimum atomic E-state index is -0.627. The molecule has 0 aliphatic carbocycles. The van der Waals surface area contributed by atoms with E-state index in [0.29, 0.717) is 18.2 Å². The Morgan fingerprint density at radius 1 is 1.35 bits per heavy atom. The minimum absolute atomic E-state index is 0.198. The van der Waals surface area contributed by atoms with E-state index in [4.69, 9.17) is 5.84 Å². The third-order valence-electron chi connectivity index (χ3n) is 2.58. The zero-order valence-corrected chi connectivity index (χ0v) is 11.9. The smallest absolute Gasteiger partial charge is 0.270 e. The number of nitrogens with two attached hydrogens (primary N) is 1. The molecular weight excluding hydrogens is 258 g/mol. The van der Waals surface area contributed by atoms with Crippen LogP contribution in [0.4, 0.5) is 5.69 Å². The fraction of sp³-hybridized carbons (Fsp3) is 0.462. The summed E-state index contributed by atoms with van der Waals surface area (Å²) in [6, 6.07) is 2.52. The third-order valence-corrected chi connectivity index (χ3v) is 2.58. The number of aromatic nitrogens is 1. The summed E-state index contributed by atoms with van der Waals surface area (Å²) in [5.41, 5.74) is 3.20. The number of anilines is 1. The summed E-state index contributed by atoms with van der Waals surface area (Å²) in [4.78, 5) is 27.6. The molecule has 1 aromatic rings. The molecule has 0 aliphatic heterocycles. The van der Waals surface area contributed by atoms with E-state index in [1.54, 1.807) is 13.0 Å². The van der Waals surface area contributed by atoms with Crippen LogP contribution in [-0.2, 0) is 4.79 Å². The van der Waals surface area contributed by atoms with E-state index in [0.717, 1.165) is 0 Å². The summed E-state index contributed by atoms with van der Waals surface area (Å²) in [6.07, 6.45) is 1.47. The normalized spacial score (nSPS) is 11.8. The topological polar surface area (TPSA) is 109 Å². The number of pyridine rings is 1. The highest BCUT2D eigenvalue weighted by Gasteiger charge is 2.17. The molecule has 20 heavy (non-hydrogen) atoms. The molecule has 0 fully saturated rings. The fourth-order valence-electron chi connectivity index (χ4n) is 1.44. The Morgan fingerprint density at radius 2 is 2.05 bits per heavy atom. The van der Waals surface area contributed by atoms with Crippen LogP contribution >= 0.6 is 0 Å². The van der Waals surface area contributed by atoms with Gasteiger partial charge in [0, 0.05) is 12.7 Å². The van der Waals surface area contributed by atoms with Gasteiger partial charge in [-0.2, -0.15) is 0 Å². The van der Waals surface area contributed by atoms with Gasteiger partial charge >= 0.3 is 0 Å². The number of nitrogens with zero attached hydrogens (tertiary/aromatic N) is 1. The monoisotopic (exact) mass is 279 g/mol. The first-order valence-corrected chi connectivity index (χ1v) is 6.45. The molecule has 1 unspecified atom stereocenters. The molecule has 7 nitrogen and oxygen atoms in total. The number of rotatable bonds is 6. The van der Waals surface area contributed by atoms with Gasteiger partial charge in [0.15, 0.2) is 0 Å². The molecule has 0 aliphatic rings. The molecule has 0 spiro atoms. The lowest BCUT2D eigenvalue weighted by atomic mass is 10.2. The Hall–Kier alpha value is -2.15. The summed E-state index contributed by atoms with van der Waals surface area (Å²) < 4.78 is 0. The van der Waals surface area contributed by atoms with Crippen molar-refractivity contribution in [2.45, 2.75) is 26.8 Å². The van der Waals surface area contributed by atoms with Gasteiger partial charge in [0.2, 0.25) is 5.91 Å². The van der Waals surface area contributed by atoms with E-state index in [1.807, 2.05) is 13.8 Å². The molecule has 7 heteroatoms. The van der Waals surface area contributed by atoms with Gasteiger partial charge in [-0.25, -0.2) is 0 Å². The van der Waals surface area contributed by atoms with Gasteiger partial charge in [0.1, 0.15) is 11.7 Å². The number of carbonyl (C=O) groups is 2. The SMILES string of the molecule is CC(C)CNC(=O)C(C)NC(=O)c1cc(NN)ccn1. The first kappa shape index (κ1) is 15.9. The molecule has 0 bridgehead atoms. The van der Waals surface area contributed by atoms with E-state index in [9.17, 15) is 9.59 Å². The predicted molar refractivity (Wildman–Crippen MR) is 76.8 cm³/mol. The summed E-state index contributed by atoms with van der Waals surface area (Å²) in [5.74, 6) is 4.98. The molecule has 1 aromatic heterocycles. The van der Waals surface area contributed by atoms with Crippen molar-refractivity contribution in [2.75, 3.05) is 12.0 Å². The Morgan fingerprint density at radius 3 is 2.65 bits per heavy atom. The van der Waals surface area contributed by atoms with Crippen molar-refractivity contribution in [3.63, 3.8) is 0 Å². The Bertz CT molecular complexity index is 476. The quantitative estimate of drug-likeness (QED) is 0.441. The van der Waals surface area contributed by atoms with Crippen LogP contribution in [0.25, 0.3) is 0 Å². The lowest BCUT2D eigenvalue weighted by Crippen LogP contribution is -2.45. The van der Waals surface area contributed by atoms with Crippen molar-refractivity contribution < 1.29 is 9.59 Å². The average Bonchev–Trinajstić information content (AvgIpc) is 2.44. The van der Waals surface area contributed by atoms with Crippen molar-refractivity contribution in [1.82, 2.24) is 15.6 Å². The second kappa shape index (κ2) is 7.44. The van der Waals surface area contributed by atoms with E-state index < -0.39 is 11.9 Å². The van der Waals surface area contributed by atoms with E-state index in [1.165, 1.54) is 12.3 Å². The van der Waals surface area contributed by atoms with Gasteiger partial charge < -0.3 is 16.1 Å². The molecule has 0 radical (unpaired) electrons. The molecule has 1 atom stereocenters. The van der Waals surface area contributed by atoms with Gasteiger partial charge in [-0.05, 0) is 25.0 Å². The summed E-state index contributed by atoms with van der Waals surface area (Å²) in [5, 5.41) is 5.34. The van der Waals surface area contributed by atoms with Crippen LogP contribution in [-0.4, -0.2) is 29.4 Å².